The Bertz CT molecular complexity index is 918. The summed E-state index contributed by atoms with van der Waals surface area (Å²) in [6.07, 6.45) is -32.8. The Morgan fingerprint density at radius 2 is 0.911 bits per heavy atom. The predicted octanol–water partition coefficient (Wildman–Crippen LogP) is -9.78. The normalized spacial score (nSPS) is 52.9. The van der Waals surface area contributed by atoms with Gasteiger partial charge in [-0.25, -0.2) is 0 Å². The van der Waals surface area contributed by atoms with Crippen molar-refractivity contribution >= 4 is 0 Å². The summed E-state index contributed by atoms with van der Waals surface area (Å²) in [6, 6.07) is -1.43. The number of aliphatic hydroxyl groups is 13. The molecular formula is C24H43NO20. The molecule has 4 aliphatic rings. The highest BCUT2D eigenvalue weighted by Crippen LogP contribution is 2.33. The molecule has 4 aliphatic heterocycles. The van der Waals surface area contributed by atoms with Crippen molar-refractivity contribution < 1.29 is 99.5 Å². The minimum Gasteiger partial charge on any atom is -0.394 e. The van der Waals surface area contributed by atoms with Gasteiger partial charge in [0.2, 0.25) is 0 Å². The molecule has 0 aromatic carbocycles. The van der Waals surface area contributed by atoms with Crippen molar-refractivity contribution in [1.82, 2.24) is 0 Å². The molecule has 0 bridgehead atoms. The van der Waals surface area contributed by atoms with Crippen molar-refractivity contribution in [2.45, 2.75) is 123 Å². The van der Waals surface area contributed by atoms with Gasteiger partial charge in [-0.1, -0.05) is 0 Å². The Hall–Kier alpha value is -0.840. The van der Waals surface area contributed by atoms with E-state index in [2.05, 4.69) is 0 Å². The molecule has 21 heteroatoms. The van der Waals surface area contributed by atoms with Crippen LogP contribution in [0.1, 0.15) is 0 Å². The van der Waals surface area contributed by atoms with E-state index in [4.69, 9.17) is 38.9 Å². The van der Waals surface area contributed by atoms with Crippen molar-refractivity contribution in [2.24, 2.45) is 5.73 Å². The van der Waals surface area contributed by atoms with E-state index >= 15 is 0 Å². The molecule has 1 unspecified atom stereocenters. The van der Waals surface area contributed by atoms with E-state index in [0.717, 1.165) is 0 Å². The molecule has 0 radical (unpaired) electrons. The molecule has 15 N–H and O–H groups in total. The zero-order valence-electron chi connectivity index (χ0n) is 23.6. The van der Waals surface area contributed by atoms with Gasteiger partial charge in [-0.15, -0.1) is 0 Å². The number of rotatable bonds is 10. The van der Waals surface area contributed by atoms with E-state index in [0.29, 0.717) is 0 Å². The standard InChI is InChI=1S/C24H43NO20/c25-9-13(32)19(7(3-28)40-21(9)38)44-24-18(37)20(45-23-17(36)15(34)11(30)6(2-27)42-23)12(31)8(43-24)4-39-22-16(35)14(33)10(29)5(1-26)41-22/h5-24,26-38H,1-4,25H2/t5-,6-,7-,8-,9-,10-,11-,12-,13-,14+,15+,16+,17+,18+,19-,20+,21?,22+,23-,24-/m1/s1. The molecule has 20 atom stereocenters. The first kappa shape index (κ1) is 37.0. The summed E-state index contributed by atoms with van der Waals surface area (Å²) in [6.45, 7) is -3.11. The number of aliphatic hydroxyl groups excluding tert-OH is 13. The molecule has 264 valence electrons. The summed E-state index contributed by atoms with van der Waals surface area (Å²) in [4.78, 5) is 0. The van der Waals surface area contributed by atoms with Crippen molar-refractivity contribution in [3.63, 3.8) is 0 Å². The molecule has 0 saturated carbocycles. The Kier molecular flexibility index (Phi) is 12.8. The van der Waals surface area contributed by atoms with Crippen molar-refractivity contribution in [2.75, 3.05) is 26.4 Å². The second-order valence-electron chi connectivity index (χ2n) is 11.3. The molecule has 0 spiro atoms. The molecule has 0 aliphatic carbocycles. The van der Waals surface area contributed by atoms with E-state index in [9.17, 15) is 66.4 Å². The van der Waals surface area contributed by atoms with Gasteiger partial charge in [0.05, 0.1) is 32.5 Å². The van der Waals surface area contributed by atoms with Gasteiger partial charge in [-0.3, -0.25) is 0 Å². The third kappa shape index (κ3) is 7.59. The first-order valence-corrected chi connectivity index (χ1v) is 14.2. The first-order valence-electron chi connectivity index (χ1n) is 14.2. The van der Waals surface area contributed by atoms with Crippen LogP contribution in [0, 0.1) is 0 Å². The maximum atomic E-state index is 11.2. The van der Waals surface area contributed by atoms with Crippen molar-refractivity contribution in [1.29, 1.82) is 0 Å². The van der Waals surface area contributed by atoms with E-state index in [1.54, 1.807) is 0 Å². The predicted molar refractivity (Wildman–Crippen MR) is 136 cm³/mol. The minimum absolute atomic E-state index is 0.726. The number of hydrogen-bond acceptors (Lipinski definition) is 21. The second-order valence-corrected chi connectivity index (χ2v) is 11.3. The van der Waals surface area contributed by atoms with E-state index < -0.39 is 149 Å². The smallest absolute Gasteiger partial charge is 0.187 e. The number of ether oxygens (including phenoxy) is 7. The average Bonchev–Trinajstić information content (AvgIpc) is 3.03. The van der Waals surface area contributed by atoms with Crippen LogP contribution in [0.25, 0.3) is 0 Å². The molecule has 4 rings (SSSR count). The maximum absolute atomic E-state index is 11.2. The van der Waals surface area contributed by atoms with Crippen molar-refractivity contribution in [3.05, 3.63) is 0 Å². The van der Waals surface area contributed by atoms with Crippen LogP contribution in [-0.4, -0.2) is 216 Å². The summed E-state index contributed by atoms with van der Waals surface area (Å²) in [5, 5.41) is 133. The van der Waals surface area contributed by atoms with Crippen LogP contribution in [0.4, 0.5) is 0 Å². The Morgan fingerprint density at radius 1 is 0.444 bits per heavy atom. The topological polar surface area (TPSA) is 354 Å². The lowest BCUT2D eigenvalue weighted by atomic mass is 9.95. The van der Waals surface area contributed by atoms with Gasteiger partial charge in [0.25, 0.3) is 0 Å². The van der Waals surface area contributed by atoms with Gasteiger partial charge in [-0.2, -0.15) is 0 Å². The van der Waals surface area contributed by atoms with Crippen LogP contribution in [0.2, 0.25) is 0 Å². The van der Waals surface area contributed by atoms with E-state index in [-0.39, 0.29) is 0 Å². The monoisotopic (exact) mass is 665 g/mol. The van der Waals surface area contributed by atoms with Crippen LogP contribution in [0.3, 0.4) is 0 Å². The summed E-state index contributed by atoms with van der Waals surface area (Å²) in [5.41, 5.74) is 5.74. The van der Waals surface area contributed by atoms with Crippen LogP contribution in [-0.2, 0) is 33.2 Å². The maximum Gasteiger partial charge on any atom is 0.187 e. The fraction of sp³-hybridized carbons (Fsp3) is 1.00. The molecule has 4 fully saturated rings. The lowest BCUT2D eigenvalue weighted by Crippen LogP contribution is -2.67. The second kappa shape index (κ2) is 15.6. The highest BCUT2D eigenvalue weighted by molar-refractivity contribution is 4.97. The van der Waals surface area contributed by atoms with E-state index in [1.165, 1.54) is 0 Å². The molecule has 4 saturated heterocycles. The molecule has 4 heterocycles. The summed E-state index contributed by atoms with van der Waals surface area (Å²) in [7, 11) is 0. The number of hydrogen-bond donors (Lipinski definition) is 14. The highest BCUT2D eigenvalue weighted by atomic mass is 16.8. The van der Waals surface area contributed by atoms with Crippen LogP contribution < -0.4 is 5.73 Å². The molecule has 0 amide bonds. The Balaban J connectivity index is 1.56. The van der Waals surface area contributed by atoms with Gasteiger partial charge in [0.15, 0.2) is 25.2 Å². The van der Waals surface area contributed by atoms with Gasteiger partial charge in [-0.05, 0) is 0 Å². The lowest BCUT2D eigenvalue weighted by molar-refractivity contribution is -0.379. The highest BCUT2D eigenvalue weighted by Gasteiger charge is 2.54. The van der Waals surface area contributed by atoms with Crippen LogP contribution in [0.15, 0.2) is 0 Å². The van der Waals surface area contributed by atoms with Gasteiger partial charge in [0.1, 0.15) is 91.6 Å². The van der Waals surface area contributed by atoms with Gasteiger partial charge < -0.3 is 105 Å². The third-order valence-corrected chi connectivity index (χ3v) is 8.27. The van der Waals surface area contributed by atoms with Gasteiger partial charge >= 0.3 is 0 Å². The largest absolute Gasteiger partial charge is 0.394 e. The summed E-state index contributed by atoms with van der Waals surface area (Å²) in [5.74, 6) is 0. The zero-order chi connectivity index (χ0) is 33.3. The molecule has 21 nitrogen and oxygen atoms in total. The minimum atomic E-state index is -2.01. The summed E-state index contributed by atoms with van der Waals surface area (Å²) >= 11 is 0. The zero-order valence-corrected chi connectivity index (χ0v) is 23.6. The lowest BCUT2D eigenvalue weighted by Gasteiger charge is -2.48. The van der Waals surface area contributed by atoms with Crippen molar-refractivity contribution in [3.8, 4) is 0 Å². The van der Waals surface area contributed by atoms with Crippen LogP contribution >= 0.6 is 0 Å². The third-order valence-electron chi connectivity index (χ3n) is 8.27. The molecule has 0 aromatic heterocycles. The van der Waals surface area contributed by atoms with E-state index in [1.807, 2.05) is 0 Å². The first-order chi connectivity index (χ1) is 21.2. The Labute approximate surface area is 255 Å². The fourth-order valence-corrected chi connectivity index (χ4v) is 5.47. The average molecular weight is 666 g/mol. The number of nitrogens with two attached hydrogens (primary N) is 1. The Morgan fingerprint density at radius 3 is 1.47 bits per heavy atom. The SMILES string of the molecule is N[C@H]1C(O)O[C@H](CO)[C@@H](O[C@H]2O[C@H](CO[C@H]3O[C@H](CO)[C@@H](O)[C@H](O)[C@@H]3O)[C@@H](O)[C@H](O[C@H]3O[C@H](CO)[C@@H](O)[C@H](O)[C@@H]3O)[C@@H]2O)[C@@H]1O. The fourth-order valence-electron chi connectivity index (χ4n) is 5.47. The molecule has 45 heavy (non-hydrogen) atoms. The molecular weight excluding hydrogens is 622 g/mol. The summed E-state index contributed by atoms with van der Waals surface area (Å²) < 4.78 is 38.2. The quantitative estimate of drug-likeness (QED) is 0.103. The molecule has 0 aromatic rings. The van der Waals surface area contributed by atoms with Gasteiger partial charge in [0, 0.05) is 0 Å². The van der Waals surface area contributed by atoms with Crippen LogP contribution in [0.5, 0.6) is 0 Å².